The monoisotopic (exact) mass is 475 g/mol. The minimum Gasteiger partial charge on any atom is -0.444 e. The lowest BCUT2D eigenvalue weighted by atomic mass is 9.93. The SMILES string of the molecule is CCN(C(=O)C(CC(C)C)NC(=O)OC(C)(C)C)C(C(=O)NC(C)(C)C)c1cccc(C)c1C. The maximum absolute atomic E-state index is 13.9. The smallest absolute Gasteiger partial charge is 0.408 e. The second-order valence-corrected chi connectivity index (χ2v) is 11.4. The van der Waals surface area contributed by atoms with Crippen molar-refractivity contribution in [3.8, 4) is 0 Å². The molecule has 0 fully saturated rings. The molecule has 0 saturated carbocycles. The first-order valence-corrected chi connectivity index (χ1v) is 12.1. The molecule has 0 aliphatic carbocycles. The van der Waals surface area contributed by atoms with E-state index in [1.165, 1.54) is 0 Å². The fourth-order valence-electron chi connectivity index (χ4n) is 3.77. The van der Waals surface area contributed by atoms with Gasteiger partial charge in [-0.25, -0.2) is 4.79 Å². The normalized spacial score (nSPS) is 13.8. The number of rotatable bonds is 8. The molecule has 3 amide bonds. The van der Waals surface area contributed by atoms with Crippen molar-refractivity contribution in [2.45, 2.75) is 106 Å². The van der Waals surface area contributed by atoms with Crippen molar-refractivity contribution in [1.82, 2.24) is 15.5 Å². The van der Waals surface area contributed by atoms with Crippen LogP contribution in [0.4, 0.5) is 4.79 Å². The fraction of sp³-hybridized carbons (Fsp3) is 0.667. The number of amides is 3. The van der Waals surface area contributed by atoms with Gasteiger partial charge in [-0.3, -0.25) is 9.59 Å². The number of carbonyl (C=O) groups is 3. The lowest BCUT2D eigenvalue weighted by Gasteiger charge is -2.36. The summed E-state index contributed by atoms with van der Waals surface area (Å²) in [4.78, 5) is 41.5. The highest BCUT2D eigenvalue weighted by molar-refractivity contribution is 5.92. The Bertz CT molecular complexity index is 866. The Kier molecular flexibility index (Phi) is 10.2. The number of hydrogen-bond donors (Lipinski definition) is 2. The van der Waals surface area contributed by atoms with E-state index in [-0.39, 0.29) is 17.7 Å². The van der Waals surface area contributed by atoms with Crippen LogP contribution >= 0.6 is 0 Å². The number of likely N-dealkylation sites (N-methyl/N-ethyl adjacent to an activating group) is 1. The van der Waals surface area contributed by atoms with Gasteiger partial charge < -0.3 is 20.3 Å². The van der Waals surface area contributed by atoms with Crippen molar-refractivity contribution < 1.29 is 19.1 Å². The lowest BCUT2D eigenvalue weighted by Crippen LogP contribution is -2.55. The van der Waals surface area contributed by atoms with Gasteiger partial charge in [0, 0.05) is 12.1 Å². The summed E-state index contributed by atoms with van der Waals surface area (Å²) < 4.78 is 5.41. The molecule has 2 atom stereocenters. The molecule has 1 rings (SSSR count). The van der Waals surface area contributed by atoms with Gasteiger partial charge in [-0.05, 0) is 91.3 Å². The van der Waals surface area contributed by atoms with Crippen LogP contribution in [-0.4, -0.2) is 46.5 Å². The van der Waals surface area contributed by atoms with Crippen molar-refractivity contribution in [1.29, 1.82) is 0 Å². The first-order chi connectivity index (χ1) is 15.5. The van der Waals surface area contributed by atoms with Crippen molar-refractivity contribution in [2.75, 3.05) is 6.54 Å². The van der Waals surface area contributed by atoms with E-state index in [0.717, 1.165) is 16.7 Å². The Morgan fingerprint density at radius 2 is 1.62 bits per heavy atom. The summed E-state index contributed by atoms with van der Waals surface area (Å²) >= 11 is 0. The standard InChI is InChI=1S/C27H45N3O4/c1-12-30(24(32)21(16-17(2)3)28-25(33)34-27(9,10)11)22(23(31)29-26(6,7)8)20-15-13-14-18(4)19(20)5/h13-15,17,21-22H,12,16H2,1-11H3,(H,28,33)(H,29,31). The molecule has 7 heteroatoms. The fourth-order valence-corrected chi connectivity index (χ4v) is 3.77. The first kappa shape index (κ1) is 29.5. The molecule has 0 bridgehead atoms. The van der Waals surface area contributed by atoms with Crippen LogP contribution in [0.3, 0.4) is 0 Å². The zero-order valence-electron chi connectivity index (χ0n) is 23.0. The molecule has 0 aliphatic heterocycles. The molecule has 34 heavy (non-hydrogen) atoms. The molecule has 0 saturated heterocycles. The second-order valence-electron chi connectivity index (χ2n) is 11.4. The van der Waals surface area contributed by atoms with Gasteiger partial charge in [-0.15, -0.1) is 0 Å². The van der Waals surface area contributed by atoms with E-state index in [4.69, 9.17) is 4.74 Å². The summed E-state index contributed by atoms with van der Waals surface area (Å²) in [5.41, 5.74) is 1.62. The summed E-state index contributed by atoms with van der Waals surface area (Å²) in [5.74, 6) is -0.417. The van der Waals surface area contributed by atoms with Crippen molar-refractivity contribution in [2.24, 2.45) is 5.92 Å². The number of benzene rings is 1. The van der Waals surface area contributed by atoms with Gasteiger partial charge in [0.15, 0.2) is 0 Å². The summed E-state index contributed by atoms with van der Waals surface area (Å²) in [7, 11) is 0. The second kappa shape index (κ2) is 11.7. The highest BCUT2D eigenvalue weighted by Crippen LogP contribution is 2.28. The number of hydrogen-bond acceptors (Lipinski definition) is 4. The third-order valence-corrected chi connectivity index (χ3v) is 5.32. The van der Waals surface area contributed by atoms with Gasteiger partial charge in [-0.1, -0.05) is 32.0 Å². The van der Waals surface area contributed by atoms with Crippen LogP contribution in [0.2, 0.25) is 0 Å². The summed E-state index contributed by atoms with van der Waals surface area (Å²) in [6, 6.07) is 4.14. The third kappa shape index (κ3) is 8.99. The van der Waals surface area contributed by atoms with E-state index in [2.05, 4.69) is 10.6 Å². The minimum absolute atomic E-state index is 0.144. The predicted molar refractivity (Wildman–Crippen MR) is 137 cm³/mol. The largest absolute Gasteiger partial charge is 0.444 e. The van der Waals surface area contributed by atoms with E-state index in [1.54, 1.807) is 25.7 Å². The van der Waals surface area contributed by atoms with Crippen LogP contribution in [0, 0.1) is 19.8 Å². The molecule has 192 valence electrons. The molecule has 0 radical (unpaired) electrons. The molecule has 7 nitrogen and oxygen atoms in total. The van der Waals surface area contributed by atoms with Gasteiger partial charge in [0.25, 0.3) is 0 Å². The average Bonchev–Trinajstić information content (AvgIpc) is 2.64. The molecule has 0 aliphatic rings. The molecule has 0 heterocycles. The van der Waals surface area contributed by atoms with E-state index in [1.807, 2.05) is 73.6 Å². The number of nitrogens with zero attached hydrogens (tertiary/aromatic N) is 1. The van der Waals surface area contributed by atoms with Crippen molar-refractivity contribution >= 4 is 17.9 Å². The van der Waals surface area contributed by atoms with Crippen LogP contribution in [0.5, 0.6) is 0 Å². The topological polar surface area (TPSA) is 87.7 Å². The molecule has 0 spiro atoms. The number of carbonyl (C=O) groups excluding carboxylic acids is 3. The Hall–Kier alpha value is -2.57. The Labute approximate surface area is 206 Å². The maximum atomic E-state index is 13.9. The molecular weight excluding hydrogens is 430 g/mol. The van der Waals surface area contributed by atoms with E-state index in [9.17, 15) is 14.4 Å². The van der Waals surface area contributed by atoms with Crippen LogP contribution in [0.25, 0.3) is 0 Å². The van der Waals surface area contributed by atoms with Gasteiger partial charge in [0.2, 0.25) is 11.8 Å². The van der Waals surface area contributed by atoms with Crippen LogP contribution in [0.15, 0.2) is 18.2 Å². The highest BCUT2D eigenvalue weighted by atomic mass is 16.6. The summed E-state index contributed by atoms with van der Waals surface area (Å²) in [6.45, 7) is 21.1. The Balaban J connectivity index is 3.47. The highest BCUT2D eigenvalue weighted by Gasteiger charge is 2.37. The van der Waals surface area contributed by atoms with Crippen LogP contribution < -0.4 is 10.6 Å². The minimum atomic E-state index is -0.827. The molecule has 1 aromatic rings. The Morgan fingerprint density at radius 3 is 2.09 bits per heavy atom. The van der Waals surface area contributed by atoms with Crippen molar-refractivity contribution in [3.05, 3.63) is 34.9 Å². The first-order valence-electron chi connectivity index (χ1n) is 12.1. The van der Waals surface area contributed by atoms with Gasteiger partial charge in [0.05, 0.1) is 0 Å². The van der Waals surface area contributed by atoms with Gasteiger partial charge >= 0.3 is 6.09 Å². The maximum Gasteiger partial charge on any atom is 0.408 e. The molecule has 2 unspecified atom stereocenters. The zero-order chi connectivity index (χ0) is 26.4. The summed E-state index contributed by atoms with van der Waals surface area (Å²) in [6.07, 6.45) is -0.223. The van der Waals surface area contributed by atoms with E-state index < -0.39 is 29.3 Å². The number of alkyl carbamates (subject to hydrolysis) is 1. The lowest BCUT2D eigenvalue weighted by molar-refractivity contribution is -0.143. The van der Waals surface area contributed by atoms with Crippen LogP contribution in [0.1, 0.15) is 91.5 Å². The molecule has 1 aromatic carbocycles. The van der Waals surface area contributed by atoms with Gasteiger partial charge in [-0.2, -0.15) is 0 Å². The van der Waals surface area contributed by atoms with Crippen LogP contribution in [-0.2, 0) is 14.3 Å². The number of aryl methyl sites for hydroxylation is 1. The Morgan fingerprint density at radius 1 is 1.03 bits per heavy atom. The quantitative estimate of drug-likeness (QED) is 0.551. The van der Waals surface area contributed by atoms with Crippen molar-refractivity contribution in [3.63, 3.8) is 0 Å². The molecule has 0 aromatic heterocycles. The number of nitrogens with one attached hydrogen (secondary N) is 2. The summed E-state index contributed by atoms with van der Waals surface area (Å²) in [5, 5.41) is 5.80. The van der Waals surface area contributed by atoms with E-state index >= 15 is 0 Å². The molecular formula is C27H45N3O4. The zero-order valence-corrected chi connectivity index (χ0v) is 23.0. The molecule has 2 N–H and O–H groups in total. The number of ether oxygens (including phenoxy) is 1. The average molecular weight is 476 g/mol. The third-order valence-electron chi connectivity index (χ3n) is 5.32. The van der Waals surface area contributed by atoms with E-state index in [0.29, 0.717) is 13.0 Å². The predicted octanol–water partition coefficient (Wildman–Crippen LogP) is 5.05. The van der Waals surface area contributed by atoms with Gasteiger partial charge in [0.1, 0.15) is 17.7 Å².